The summed E-state index contributed by atoms with van der Waals surface area (Å²) in [6.45, 7) is 0.309. The highest BCUT2D eigenvalue weighted by Gasteiger charge is 2.39. The summed E-state index contributed by atoms with van der Waals surface area (Å²) in [7, 11) is 0. The molecule has 0 bridgehead atoms. The summed E-state index contributed by atoms with van der Waals surface area (Å²) < 4.78 is 0. The summed E-state index contributed by atoms with van der Waals surface area (Å²) >= 11 is 0. The summed E-state index contributed by atoms with van der Waals surface area (Å²) in [5.41, 5.74) is 9.68. The molecule has 0 spiro atoms. The molecule has 6 N–H and O–H groups in total. The highest BCUT2D eigenvalue weighted by Crippen LogP contribution is 2.23. The maximum atomic E-state index is 14.1. The molecule has 0 saturated carbocycles. The van der Waals surface area contributed by atoms with Gasteiger partial charge in [-0.25, -0.2) is 4.79 Å². The van der Waals surface area contributed by atoms with Gasteiger partial charge in [-0.05, 0) is 42.0 Å². The topological polar surface area (TPSA) is 158 Å². The SMILES string of the molecule is NC(Cc1ccccc1)C(=O)NC(Cc1c[nH]c2ccccc12)C(=O)N1CCCC1C(=O)NC(Cc1ccccc1)C(=O)O. The van der Waals surface area contributed by atoms with Gasteiger partial charge in [0.2, 0.25) is 17.7 Å². The van der Waals surface area contributed by atoms with E-state index in [0.717, 1.165) is 27.6 Å². The molecule has 4 aromatic rings. The van der Waals surface area contributed by atoms with Crippen LogP contribution in [0.4, 0.5) is 0 Å². The third-order valence-corrected chi connectivity index (χ3v) is 8.08. The predicted molar refractivity (Wildman–Crippen MR) is 167 cm³/mol. The number of H-pyrrole nitrogens is 1. The number of fused-ring (bicyclic) bond motifs is 1. The highest BCUT2D eigenvalue weighted by molar-refractivity contribution is 5.95. The Morgan fingerprint density at radius 2 is 1.48 bits per heavy atom. The van der Waals surface area contributed by atoms with E-state index in [1.54, 1.807) is 24.3 Å². The van der Waals surface area contributed by atoms with Crippen molar-refractivity contribution < 1.29 is 24.3 Å². The smallest absolute Gasteiger partial charge is 0.326 e. The van der Waals surface area contributed by atoms with Crippen molar-refractivity contribution in [2.75, 3.05) is 6.54 Å². The first-order chi connectivity index (χ1) is 21.3. The fourth-order valence-corrected chi connectivity index (χ4v) is 5.78. The molecule has 1 aromatic heterocycles. The number of hydrogen-bond donors (Lipinski definition) is 5. The van der Waals surface area contributed by atoms with Crippen LogP contribution in [0.5, 0.6) is 0 Å². The Bertz CT molecular complexity index is 1610. The number of carbonyl (C=O) groups is 4. The zero-order valence-electron chi connectivity index (χ0n) is 24.3. The van der Waals surface area contributed by atoms with Gasteiger partial charge in [0.05, 0.1) is 6.04 Å². The van der Waals surface area contributed by atoms with Gasteiger partial charge in [-0.15, -0.1) is 0 Å². The van der Waals surface area contributed by atoms with Gasteiger partial charge >= 0.3 is 5.97 Å². The monoisotopic (exact) mass is 595 g/mol. The number of nitrogens with zero attached hydrogens (tertiary/aromatic N) is 1. The lowest BCUT2D eigenvalue weighted by atomic mass is 10.0. The van der Waals surface area contributed by atoms with Crippen molar-refractivity contribution in [2.45, 2.75) is 56.3 Å². The van der Waals surface area contributed by atoms with Crippen LogP contribution in [-0.2, 0) is 38.4 Å². The lowest BCUT2D eigenvalue weighted by Gasteiger charge is -2.30. The van der Waals surface area contributed by atoms with Gasteiger partial charge in [-0.2, -0.15) is 0 Å². The maximum absolute atomic E-state index is 14.1. The summed E-state index contributed by atoms with van der Waals surface area (Å²) in [5.74, 6) is -2.57. The predicted octanol–water partition coefficient (Wildman–Crippen LogP) is 2.57. The van der Waals surface area contributed by atoms with Crippen LogP contribution in [-0.4, -0.2) is 69.4 Å². The number of para-hydroxylation sites is 1. The van der Waals surface area contributed by atoms with Crippen LogP contribution in [0.2, 0.25) is 0 Å². The van der Waals surface area contributed by atoms with Crippen molar-refractivity contribution in [3.05, 3.63) is 108 Å². The van der Waals surface area contributed by atoms with E-state index in [1.165, 1.54) is 4.90 Å². The zero-order chi connectivity index (χ0) is 31.1. The van der Waals surface area contributed by atoms with Gasteiger partial charge in [-0.1, -0.05) is 78.9 Å². The third-order valence-electron chi connectivity index (χ3n) is 8.08. The molecule has 10 nitrogen and oxygen atoms in total. The van der Waals surface area contributed by atoms with Crippen molar-refractivity contribution in [1.82, 2.24) is 20.5 Å². The molecule has 1 aliphatic heterocycles. The second-order valence-electron chi connectivity index (χ2n) is 11.2. The lowest BCUT2D eigenvalue weighted by Crippen LogP contribution is -2.57. The molecule has 4 atom stereocenters. The van der Waals surface area contributed by atoms with Gasteiger partial charge in [0.1, 0.15) is 18.1 Å². The van der Waals surface area contributed by atoms with Crippen LogP contribution in [0.25, 0.3) is 10.9 Å². The van der Waals surface area contributed by atoms with Crippen molar-refractivity contribution in [3.63, 3.8) is 0 Å². The number of aromatic amines is 1. The fraction of sp³-hybridized carbons (Fsp3) is 0.294. The molecule has 10 heteroatoms. The summed E-state index contributed by atoms with van der Waals surface area (Å²) in [6, 6.07) is 22.2. The number of likely N-dealkylation sites (tertiary alicyclic amines) is 1. The number of amides is 3. The first kappa shape index (κ1) is 30.5. The molecule has 1 saturated heterocycles. The number of aromatic nitrogens is 1. The van der Waals surface area contributed by atoms with Gasteiger partial charge in [0.15, 0.2) is 0 Å². The Kier molecular flexibility index (Phi) is 9.71. The Balaban J connectivity index is 1.34. The lowest BCUT2D eigenvalue weighted by molar-refractivity contribution is -0.144. The van der Waals surface area contributed by atoms with Crippen molar-refractivity contribution >= 4 is 34.6 Å². The van der Waals surface area contributed by atoms with Crippen LogP contribution in [0.1, 0.15) is 29.5 Å². The van der Waals surface area contributed by atoms with Crippen molar-refractivity contribution in [2.24, 2.45) is 5.73 Å². The Hall–Kier alpha value is -4.96. The fourth-order valence-electron chi connectivity index (χ4n) is 5.78. The van der Waals surface area contributed by atoms with E-state index in [4.69, 9.17) is 5.73 Å². The molecule has 44 heavy (non-hydrogen) atoms. The molecular formula is C34H37N5O5. The Morgan fingerprint density at radius 1 is 0.841 bits per heavy atom. The minimum atomic E-state index is -1.16. The Labute approximate surface area is 255 Å². The van der Waals surface area contributed by atoms with E-state index in [0.29, 0.717) is 25.8 Å². The van der Waals surface area contributed by atoms with E-state index in [1.807, 2.05) is 66.9 Å². The molecular weight excluding hydrogens is 558 g/mol. The van der Waals surface area contributed by atoms with Crippen LogP contribution >= 0.6 is 0 Å². The van der Waals surface area contributed by atoms with E-state index >= 15 is 0 Å². The second kappa shape index (κ2) is 14.0. The van der Waals surface area contributed by atoms with E-state index < -0.39 is 47.9 Å². The standard InChI is InChI=1S/C34H37N5O5/c35-26(18-22-10-3-1-4-11-22)31(40)37-28(20-24-21-36-27-15-8-7-14-25(24)27)33(42)39-17-9-16-30(39)32(41)38-29(34(43)44)19-23-12-5-2-6-13-23/h1-8,10-15,21,26,28-30,36H,9,16-20,35H2,(H,37,40)(H,38,41)(H,43,44). The first-order valence-corrected chi connectivity index (χ1v) is 14.8. The second-order valence-corrected chi connectivity index (χ2v) is 11.2. The van der Waals surface area contributed by atoms with Gasteiger partial charge in [0.25, 0.3) is 0 Å². The zero-order valence-corrected chi connectivity index (χ0v) is 24.3. The average Bonchev–Trinajstić information content (AvgIpc) is 3.69. The summed E-state index contributed by atoms with van der Waals surface area (Å²) in [6.07, 6.45) is 3.37. The molecule has 1 aliphatic rings. The van der Waals surface area contributed by atoms with Crippen LogP contribution in [0.15, 0.2) is 91.1 Å². The normalized spacial score (nSPS) is 16.7. The van der Waals surface area contributed by atoms with Gasteiger partial charge in [0, 0.05) is 36.5 Å². The van der Waals surface area contributed by atoms with Gasteiger partial charge < -0.3 is 31.4 Å². The quantitative estimate of drug-likeness (QED) is 0.169. The summed E-state index contributed by atoms with van der Waals surface area (Å²) in [5, 5.41) is 16.3. The molecule has 228 valence electrons. The van der Waals surface area contributed by atoms with Crippen LogP contribution in [0.3, 0.4) is 0 Å². The number of hydrogen-bond acceptors (Lipinski definition) is 5. The van der Waals surface area contributed by atoms with E-state index in [-0.39, 0.29) is 12.8 Å². The third kappa shape index (κ3) is 7.33. The number of nitrogens with one attached hydrogen (secondary N) is 3. The van der Waals surface area contributed by atoms with E-state index in [9.17, 15) is 24.3 Å². The minimum Gasteiger partial charge on any atom is -0.480 e. The molecule has 3 aromatic carbocycles. The maximum Gasteiger partial charge on any atom is 0.326 e. The van der Waals surface area contributed by atoms with Crippen LogP contribution in [0, 0.1) is 0 Å². The molecule has 0 radical (unpaired) electrons. The molecule has 2 heterocycles. The van der Waals surface area contributed by atoms with Crippen molar-refractivity contribution in [3.8, 4) is 0 Å². The molecule has 1 fully saturated rings. The molecule has 5 rings (SSSR count). The van der Waals surface area contributed by atoms with Crippen molar-refractivity contribution in [1.29, 1.82) is 0 Å². The Morgan fingerprint density at radius 3 is 2.16 bits per heavy atom. The summed E-state index contributed by atoms with van der Waals surface area (Å²) in [4.78, 5) is 57.6. The average molecular weight is 596 g/mol. The van der Waals surface area contributed by atoms with Gasteiger partial charge in [-0.3, -0.25) is 14.4 Å². The number of aliphatic carboxylic acids is 1. The molecule has 4 unspecified atom stereocenters. The molecule has 0 aliphatic carbocycles. The number of rotatable bonds is 12. The number of carboxylic acid groups (broad SMARTS) is 1. The largest absolute Gasteiger partial charge is 0.480 e. The number of carbonyl (C=O) groups excluding carboxylic acids is 3. The molecule has 3 amide bonds. The van der Waals surface area contributed by atoms with E-state index in [2.05, 4.69) is 15.6 Å². The van der Waals surface area contributed by atoms with Crippen LogP contribution < -0.4 is 16.4 Å². The minimum absolute atomic E-state index is 0.112. The number of carboxylic acids is 1. The first-order valence-electron chi connectivity index (χ1n) is 14.8. The number of nitrogens with two attached hydrogens (primary N) is 1. The number of benzene rings is 3. The highest BCUT2D eigenvalue weighted by atomic mass is 16.4.